The molecule has 17 heavy (non-hydrogen) atoms. The van der Waals surface area contributed by atoms with Gasteiger partial charge in [-0.05, 0) is 17.5 Å². The van der Waals surface area contributed by atoms with Crippen LogP contribution in [-0.2, 0) is 22.7 Å². The number of hydrogen-bond acceptors (Lipinski definition) is 0. The van der Waals surface area contributed by atoms with E-state index < -0.39 is 22.7 Å². The van der Waals surface area contributed by atoms with Crippen molar-refractivity contribution < 1.29 is 33.2 Å². The molecule has 5 heteroatoms. The van der Waals surface area contributed by atoms with E-state index in [1.807, 2.05) is 0 Å². The Morgan fingerprint density at radius 1 is 1.00 bits per heavy atom. The molecule has 0 saturated carbocycles. The van der Waals surface area contributed by atoms with E-state index in [4.69, 9.17) is 0 Å². The fourth-order valence-electron chi connectivity index (χ4n) is 1.70. The first-order chi connectivity index (χ1) is 7.92. The first kappa shape index (κ1) is 14.6. The van der Waals surface area contributed by atoms with Crippen molar-refractivity contribution >= 4 is 6.08 Å². The van der Waals surface area contributed by atoms with E-state index in [1.165, 1.54) is 29.9 Å². The summed E-state index contributed by atoms with van der Waals surface area (Å²) in [6.45, 7) is 2.22. The molecule has 0 nitrogen and oxygen atoms in total. The van der Waals surface area contributed by atoms with Gasteiger partial charge in [0.2, 0.25) is 0 Å². The normalized spacial score (nSPS) is 14.2. The van der Waals surface area contributed by atoms with Gasteiger partial charge in [0, 0.05) is 5.92 Å². The van der Waals surface area contributed by atoms with E-state index in [0.717, 1.165) is 0 Å². The van der Waals surface area contributed by atoms with Crippen LogP contribution in [0, 0.1) is 5.92 Å². The third-order valence-corrected chi connectivity index (χ3v) is 2.29. The van der Waals surface area contributed by atoms with Gasteiger partial charge in [0.25, 0.3) is 0 Å². The van der Waals surface area contributed by atoms with Crippen molar-refractivity contribution in [2.45, 2.75) is 19.8 Å². The van der Waals surface area contributed by atoms with Crippen LogP contribution in [0.1, 0.15) is 30.9 Å². The van der Waals surface area contributed by atoms with Crippen LogP contribution >= 0.6 is 0 Å². The SMILES string of the molecule is CCC[C]1C=Cc2ccccc21.[F][Zr]([F])([F])[F]. The van der Waals surface area contributed by atoms with Gasteiger partial charge < -0.3 is 0 Å². The monoisotopic (exact) mass is 323 g/mol. The van der Waals surface area contributed by atoms with Gasteiger partial charge in [0.1, 0.15) is 0 Å². The number of halogens is 4. The molecular formula is C12H13F4Zr. The Hall–Kier alpha value is -0.437. The van der Waals surface area contributed by atoms with Gasteiger partial charge in [-0.1, -0.05) is 49.8 Å². The predicted octanol–water partition coefficient (Wildman–Crippen LogP) is 5.11. The average Bonchev–Trinajstić information content (AvgIpc) is 2.60. The van der Waals surface area contributed by atoms with Crippen molar-refractivity contribution in [1.82, 2.24) is 0 Å². The Kier molecular flexibility index (Phi) is 5.58. The summed E-state index contributed by atoms with van der Waals surface area (Å²) in [4.78, 5) is 0. The number of fused-ring (bicyclic) bond motifs is 1. The second-order valence-corrected chi connectivity index (χ2v) is 5.73. The van der Waals surface area contributed by atoms with Crippen LogP contribution < -0.4 is 0 Å². The van der Waals surface area contributed by atoms with E-state index >= 15 is 0 Å². The molecular weight excluding hydrogens is 311 g/mol. The number of hydrogen-bond donors (Lipinski definition) is 0. The van der Waals surface area contributed by atoms with E-state index in [2.05, 4.69) is 43.3 Å². The molecule has 2 rings (SSSR count). The zero-order valence-electron chi connectivity index (χ0n) is 9.39. The molecule has 0 heterocycles. The summed E-state index contributed by atoms with van der Waals surface area (Å²) < 4.78 is 39.6. The third kappa shape index (κ3) is 5.62. The zero-order chi connectivity index (χ0) is 12.9. The predicted molar refractivity (Wildman–Crippen MR) is 57.2 cm³/mol. The Labute approximate surface area is 106 Å². The maximum absolute atomic E-state index is 9.90. The summed E-state index contributed by atoms with van der Waals surface area (Å²) in [5.74, 6) is 1.49. The van der Waals surface area contributed by atoms with E-state index in [-0.39, 0.29) is 0 Å². The van der Waals surface area contributed by atoms with Gasteiger partial charge in [-0.2, -0.15) is 0 Å². The third-order valence-electron chi connectivity index (χ3n) is 2.29. The van der Waals surface area contributed by atoms with Crippen molar-refractivity contribution in [3.8, 4) is 0 Å². The fourth-order valence-corrected chi connectivity index (χ4v) is 1.70. The Morgan fingerprint density at radius 2 is 1.59 bits per heavy atom. The van der Waals surface area contributed by atoms with Crippen LogP contribution in [0.25, 0.3) is 6.08 Å². The van der Waals surface area contributed by atoms with Crippen molar-refractivity contribution in [2.24, 2.45) is 0 Å². The fraction of sp³-hybridized carbons (Fsp3) is 0.250. The number of benzene rings is 1. The molecule has 0 atom stereocenters. The molecule has 93 valence electrons. The Balaban J connectivity index is 0.000000249. The number of allylic oxidation sites excluding steroid dienone is 1. The second kappa shape index (κ2) is 6.48. The van der Waals surface area contributed by atoms with Crippen LogP contribution in [0.3, 0.4) is 0 Å². The second-order valence-electron chi connectivity index (χ2n) is 3.62. The molecule has 1 radical (unpaired) electrons. The van der Waals surface area contributed by atoms with Gasteiger partial charge in [-0.15, -0.1) is 0 Å². The van der Waals surface area contributed by atoms with E-state index in [0.29, 0.717) is 0 Å². The molecule has 0 bridgehead atoms. The van der Waals surface area contributed by atoms with Gasteiger partial charge in [-0.3, -0.25) is 0 Å². The summed E-state index contributed by atoms with van der Waals surface area (Å²) in [6.07, 6.45) is 6.88. The Morgan fingerprint density at radius 3 is 2.18 bits per heavy atom. The molecule has 0 fully saturated rings. The summed E-state index contributed by atoms with van der Waals surface area (Å²) in [7, 11) is 0. The zero-order valence-corrected chi connectivity index (χ0v) is 11.8. The Bertz CT molecular complexity index is 378. The van der Waals surface area contributed by atoms with E-state index in [1.54, 1.807) is 0 Å². The molecule has 0 amide bonds. The van der Waals surface area contributed by atoms with Crippen LogP contribution in [0.15, 0.2) is 30.3 Å². The van der Waals surface area contributed by atoms with Crippen LogP contribution in [-0.4, -0.2) is 0 Å². The molecule has 1 aromatic rings. The van der Waals surface area contributed by atoms with Crippen LogP contribution in [0.4, 0.5) is 10.5 Å². The standard InChI is InChI=1S/C12H13.4FH.Zr/c1-2-5-10-8-9-11-6-3-4-7-12(10)11;;;;;/h3-4,6-9H,2,5H2,1H3;4*1H;/q;;;;;+4/p-4. The summed E-state index contributed by atoms with van der Waals surface area (Å²) in [5.41, 5.74) is 2.81. The molecule has 0 spiro atoms. The van der Waals surface area contributed by atoms with Gasteiger partial charge >= 0.3 is 33.2 Å². The molecule has 1 aliphatic rings. The average molecular weight is 324 g/mol. The van der Waals surface area contributed by atoms with Gasteiger partial charge in [0.15, 0.2) is 0 Å². The topological polar surface area (TPSA) is 0 Å². The molecule has 1 aliphatic carbocycles. The molecule has 0 aliphatic heterocycles. The minimum absolute atomic E-state index is 1.20. The van der Waals surface area contributed by atoms with Gasteiger partial charge in [0.05, 0.1) is 0 Å². The van der Waals surface area contributed by atoms with Crippen LogP contribution in [0.5, 0.6) is 0 Å². The quantitative estimate of drug-likeness (QED) is 0.663. The van der Waals surface area contributed by atoms with Gasteiger partial charge in [-0.25, -0.2) is 0 Å². The number of rotatable bonds is 2. The summed E-state index contributed by atoms with van der Waals surface area (Å²) >= 11 is -7.18. The summed E-state index contributed by atoms with van der Waals surface area (Å²) in [5, 5.41) is 0. The van der Waals surface area contributed by atoms with Crippen molar-refractivity contribution in [1.29, 1.82) is 0 Å². The summed E-state index contributed by atoms with van der Waals surface area (Å²) in [6, 6.07) is 8.59. The molecule has 0 saturated heterocycles. The van der Waals surface area contributed by atoms with Crippen molar-refractivity contribution in [2.75, 3.05) is 0 Å². The van der Waals surface area contributed by atoms with Crippen molar-refractivity contribution in [3.63, 3.8) is 0 Å². The molecule has 0 N–H and O–H groups in total. The first-order valence-electron chi connectivity index (χ1n) is 5.30. The molecule has 0 unspecified atom stereocenters. The first-order valence-corrected chi connectivity index (χ1v) is 9.02. The van der Waals surface area contributed by atoms with E-state index in [9.17, 15) is 10.5 Å². The van der Waals surface area contributed by atoms with Crippen molar-refractivity contribution in [3.05, 3.63) is 47.4 Å². The molecule has 1 aromatic carbocycles. The minimum atomic E-state index is -7.18. The van der Waals surface area contributed by atoms with Crippen LogP contribution in [0.2, 0.25) is 0 Å². The maximum atomic E-state index is 9.90. The molecule has 0 aromatic heterocycles.